The normalized spacial score (nSPS) is 17.5. The largest absolute Gasteiger partial charge is 0.383 e. The van der Waals surface area contributed by atoms with Crippen LogP contribution in [0.3, 0.4) is 0 Å². The molecule has 1 saturated heterocycles. The number of ether oxygens (including phenoxy) is 1. The molecule has 0 unspecified atom stereocenters. The van der Waals surface area contributed by atoms with Gasteiger partial charge < -0.3 is 9.64 Å². The van der Waals surface area contributed by atoms with Gasteiger partial charge >= 0.3 is 0 Å². The molecule has 0 saturated carbocycles. The van der Waals surface area contributed by atoms with Crippen molar-refractivity contribution >= 4 is 15.9 Å². The summed E-state index contributed by atoms with van der Waals surface area (Å²) in [5.41, 5.74) is 2.62. The Kier molecular flexibility index (Phi) is 7.65. The molecular weight excluding hydrogens is 376 g/mol. The first kappa shape index (κ1) is 22.8. The third kappa shape index (κ3) is 4.75. The lowest BCUT2D eigenvalue weighted by Crippen LogP contribution is -2.48. The standard InChI is InChI=1S/C21H34N2O4S/c1-7-23(18(5)14-27-6)21(24)19-8-10-22(11-9-19)28(25,26)20-16(3)12-15(2)13-17(20)4/h12-13,18-19H,7-11,14H2,1-6H3/t18-/m1/s1. The van der Waals surface area contributed by atoms with Crippen LogP contribution in [0.1, 0.15) is 43.4 Å². The minimum absolute atomic E-state index is 0.0159. The molecule has 1 aromatic carbocycles. The van der Waals surface area contributed by atoms with E-state index in [1.165, 1.54) is 4.31 Å². The fourth-order valence-corrected chi connectivity index (χ4v) is 6.18. The molecule has 1 atom stereocenters. The zero-order valence-corrected chi connectivity index (χ0v) is 18.8. The van der Waals surface area contributed by atoms with Crippen LogP contribution >= 0.6 is 0 Å². The maximum Gasteiger partial charge on any atom is 0.243 e. The van der Waals surface area contributed by atoms with Gasteiger partial charge in [-0.15, -0.1) is 0 Å². The van der Waals surface area contributed by atoms with Gasteiger partial charge in [0.15, 0.2) is 0 Å². The van der Waals surface area contributed by atoms with E-state index in [0.29, 0.717) is 44.0 Å². The quantitative estimate of drug-likeness (QED) is 0.693. The number of carbonyl (C=O) groups is 1. The van der Waals surface area contributed by atoms with Crippen molar-refractivity contribution in [1.82, 2.24) is 9.21 Å². The van der Waals surface area contributed by atoms with Gasteiger partial charge in [0.1, 0.15) is 0 Å². The average Bonchev–Trinajstić information content (AvgIpc) is 2.61. The Bertz CT molecular complexity index is 776. The van der Waals surface area contributed by atoms with E-state index in [2.05, 4.69) is 0 Å². The summed E-state index contributed by atoms with van der Waals surface area (Å²) in [5, 5.41) is 0. The molecule has 0 spiro atoms. The molecule has 0 aromatic heterocycles. The molecule has 6 nitrogen and oxygen atoms in total. The number of nitrogens with zero attached hydrogens (tertiary/aromatic N) is 2. The van der Waals surface area contributed by atoms with Crippen LogP contribution in [0.5, 0.6) is 0 Å². The van der Waals surface area contributed by atoms with Crippen molar-refractivity contribution in [3.8, 4) is 0 Å². The van der Waals surface area contributed by atoms with E-state index in [-0.39, 0.29) is 17.9 Å². The van der Waals surface area contributed by atoms with Crippen molar-refractivity contribution in [2.24, 2.45) is 5.92 Å². The molecule has 1 fully saturated rings. The molecule has 1 amide bonds. The number of hydrogen-bond donors (Lipinski definition) is 0. The van der Waals surface area contributed by atoms with Gasteiger partial charge in [-0.1, -0.05) is 17.7 Å². The molecule has 7 heteroatoms. The first-order valence-corrected chi connectivity index (χ1v) is 11.4. The van der Waals surface area contributed by atoms with Gasteiger partial charge in [-0.2, -0.15) is 4.31 Å². The van der Waals surface area contributed by atoms with Crippen LogP contribution in [-0.2, 0) is 19.6 Å². The summed E-state index contributed by atoms with van der Waals surface area (Å²) in [7, 11) is -1.92. The summed E-state index contributed by atoms with van der Waals surface area (Å²) < 4.78 is 33.2. The minimum atomic E-state index is -3.55. The van der Waals surface area contributed by atoms with Gasteiger partial charge in [-0.25, -0.2) is 8.42 Å². The lowest BCUT2D eigenvalue weighted by atomic mass is 9.96. The van der Waals surface area contributed by atoms with E-state index in [4.69, 9.17) is 4.74 Å². The second-order valence-electron chi connectivity index (χ2n) is 7.83. The number of hydrogen-bond acceptors (Lipinski definition) is 4. The summed E-state index contributed by atoms with van der Waals surface area (Å²) in [6.07, 6.45) is 1.11. The molecule has 1 heterocycles. The Morgan fingerprint density at radius 1 is 1.21 bits per heavy atom. The fourth-order valence-electron chi connectivity index (χ4n) is 4.30. The number of aryl methyl sites for hydroxylation is 3. The first-order valence-electron chi connectivity index (χ1n) is 10.0. The van der Waals surface area contributed by atoms with Crippen molar-refractivity contribution in [2.45, 2.75) is 58.4 Å². The Morgan fingerprint density at radius 3 is 2.21 bits per heavy atom. The summed E-state index contributed by atoms with van der Waals surface area (Å²) in [4.78, 5) is 15.2. The van der Waals surface area contributed by atoms with Gasteiger partial charge in [-0.05, 0) is 58.6 Å². The number of methoxy groups -OCH3 is 1. The topological polar surface area (TPSA) is 66.9 Å². The molecule has 1 aliphatic rings. The summed E-state index contributed by atoms with van der Waals surface area (Å²) in [5.74, 6) is -0.0299. The Hall–Kier alpha value is -1.44. The van der Waals surface area contributed by atoms with Crippen LogP contribution < -0.4 is 0 Å². The maximum absolute atomic E-state index is 13.2. The average molecular weight is 411 g/mol. The van der Waals surface area contributed by atoms with Crippen LogP contribution in [0.15, 0.2) is 17.0 Å². The molecule has 28 heavy (non-hydrogen) atoms. The van der Waals surface area contributed by atoms with Gasteiger partial charge in [0.05, 0.1) is 17.5 Å². The van der Waals surface area contributed by atoms with Crippen molar-refractivity contribution in [2.75, 3.05) is 33.4 Å². The van der Waals surface area contributed by atoms with E-state index in [1.807, 2.05) is 51.7 Å². The molecule has 1 aromatic rings. The van der Waals surface area contributed by atoms with Crippen LogP contribution in [0.4, 0.5) is 0 Å². The summed E-state index contributed by atoms with van der Waals surface area (Å²) in [6.45, 7) is 11.5. The van der Waals surface area contributed by atoms with E-state index >= 15 is 0 Å². The molecule has 0 bridgehead atoms. The third-order valence-corrected chi connectivity index (χ3v) is 7.77. The third-order valence-electron chi connectivity index (χ3n) is 5.57. The first-order chi connectivity index (χ1) is 13.1. The van der Waals surface area contributed by atoms with Crippen molar-refractivity contribution in [3.63, 3.8) is 0 Å². The highest BCUT2D eigenvalue weighted by Crippen LogP contribution is 2.29. The van der Waals surface area contributed by atoms with E-state index in [0.717, 1.165) is 16.7 Å². The van der Waals surface area contributed by atoms with Crippen molar-refractivity contribution in [3.05, 3.63) is 28.8 Å². The number of amides is 1. The number of piperidine rings is 1. The molecular formula is C21H34N2O4S. The van der Waals surface area contributed by atoms with Gasteiger partial charge in [0.2, 0.25) is 15.9 Å². The number of sulfonamides is 1. The molecule has 0 N–H and O–H groups in total. The smallest absolute Gasteiger partial charge is 0.243 e. The lowest BCUT2D eigenvalue weighted by molar-refractivity contribution is -0.139. The highest BCUT2D eigenvalue weighted by Gasteiger charge is 2.35. The predicted molar refractivity (Wildman–Crippen MR) is 111 cm³/mol. The Labute approximate surface area is 169 Å². The molecule has 158 valence electrons. The molecule has 1 aliphatic heterocycles. The van der Waals surface area contributed by atoms with Crippen molar-refractivity contribution < 1.29 is 17.9 Å². The maximum atomic E-state index is 13.2. The Morgan fingerprint density at radius 2 is 1.75 bits per heavy atom. The predicted octanol–water partition coefficient (Wildman–Crippen LogP) is 2.90. The van der Waals surface area contributed by atoms with Crippen LogP contribution in [0.25, 0.3) is 0 Å². The van der Waals surface area contributed by atoms with E-state index in [1.54, 1.807) is 7.11 Å². The van der Waals surface area contributed by atoms with E-state index in [9.17, 15) is 13.2 Å². The zero-order valence-electron chi connectivity index (χ0n) is 18.0. The van der Waals surface area contributed by atoms with Crippen molar-refractivity contribution in [1.29, 1.82) is 0 Å². The number of rotatable bonds is 7. The van der Waals surface area contributed by atoms with Gasteiger partial charge in [-0.3, -0.25) is 4.79 Å². The highest BCUT2D eigenvalue weighted by atomic mass is 32.2. The second kappa shape index (κ2) is 9.37. The monoisotopic (exact) mass is 410 g/mol. The van der Waals surface area contributed by atoms with E-state index < -0.39 is 10.0 Å². The minimum Gasteiger partial charge on any atom is -0.383 e. The summed E-state index contributed by atoms with van der Waals surface area (Å²) >= 11 is 0. The second-order valence-corrected chi connectivity index (χ2v) is 9.71. The lowest BCUT2D eigenvalue weighted by Gasteiger charge is -2.36. The zero-order chi connectivity index (χ0) is 21.1. The van der Waals surface area contributed by atoms with Crippen LogP contribution in [-0.4, -0.2) is 62.9 Å². The molecule has 2 rings (SSSR count). The fraction of sp³-hybridized carbons (Fsp3) is 0.667. The molecule has 0 aliphatic carbocycles. The molecule has 0 radical (unpaired) electrons. The number of likely N-dealkylation sites (N-methyl/N-ethyl adjacent to an activating group) is 1. The van der Waals surface area contributed by atoms with Crippen LogP contribution in [0, 0.1) is 26.7 Å². The van der Waals surface area contributed by atoms with Gasteiger partial charge in [0, 0.05) is 32.7 Å². The Balaban J connectivity index is 2.12. The van der Waals surface area contributed by atoms with Crippen LogP contribution in [0.2, 0.25) is 0 Å². The number of carbonyl (C=O) groups excluding carboxylic acids is 1. The number of benzene rings is 1. The summed E-state index contributed by atoms with van der Waals surface area (Å²) in [6, 6.07) is 3.83. The highest BCUT2D eigenvalue weighted by molar-refractivity contribution is 7.89. The SMILES string of the molecule is CCN(C(=O)C1CCN(S(=O)(=O)c2c(C)cc(C)cc2C)CC1)[C@H](C)COC. The van der Waals surface area contributed by atoms with Gasteiger partial charge in [0.25, 0.3) is 0 Å².